The average molecular weight is 304 g/mol. The zero-order chi connectivity index (χ0) is 14.9. The molecule has 1 amide bonds. The molecule has 0 aromatic heterocycles. The third kappa shape index (κ3) is 3.29. The van der Waals surface area contributed by atoms with Crippen molar-refractivity contribution >= 4 is 21.9 Å². The Morgan fingerprint density at radius 3 is 2.35 bits per heavy atom. The molecule has 2 atom stereocenters. The van der Waals surface area contributed by atoms with Crippen LogP contribution in [0.25, 0.3) is 0 Å². The molecule has 2 aliphatic rings. The van der Waals surface area contributed by atoms with E-state index in [2.05, 4.69) is 0 Å². The Hall–Kier alpha value is -1.15. The number of carbonyl (C=O) groups is 2. The second-order valence-corrected chi connectivity index (χ2v) is 7.55. The van der Waals surface area contributed by atoms with Crippen molar-refractivity contribution in [2.24, 2.45) is 11.8 Å². The van der Waals surface area contributed by atoms with Gasteiger partial charge in [-0.05, 0) is 19.3 Å². The van der Waals surface area contributed by atoms with Crippen molar-refractivity contribution in [3.63, 3.8) is 0 Å². The van der Waals surface area contributed by atoms with E-state index >= 15 is 0 Å². The summed E-state index contributed by atoms with van der Waals surface area (Å²) in [5.41, 5.74) is 0. The molecular formula is C12H20N2O5S. The Balaban J connectivity index is 1.98. The summed E-state index contributed by atoms with van der Waals surface area (Å²) < 4.78 is 24.4. The van der Waals surface area contributed by atoms with E-state index in [-0.39, 0.29) is 24.9 Å². The van der Waals surface area contributed by atoms with E-state index in [4.69, 9.17) is 5.11 Å². The fourth-order valence-electron chi connectivity index (χ4n) is 2.87. The average Bonchev–Trinajstić information content (AvgIpc) is 2.87. The highest BCUT2D eigenvalue weighted by Gasteiger charge is 2.36. The molecule has 0 aromatic rings. The highest BCUT2D eigenvalue weighted by Crippen LogP contribution is 2.24. The number of aliphatic carboxylic acids is 1. The summed E-state index contributed by atoms with van der Waals surface area (Å²) in [4.78, 5) is 24.8. The number of amides is 1. The lowest BCUT2D eigenvalue weighted by Crippen LogP contribution is -2.46. The summed E-state index contributed by atoms with van der Waals surface area (Å²) in [5.74, 6) is -1.82. The van der Waals surface area contributed by atoms with E-state index in [0.717, 1.165) is 6.26 Å². The Labute approximate surface area is 118 Å². The van der Waals surface area contributed by atoms with Crippen LogP contribution < -0.4 is 0 Å². The van der Waals surface area contributed by atoms with Gasteiger partial charge in [0.1, 0.15) is 0 Å². The molecule has 0 aliphatic carbocycles. The molecule has 20 heavy (non-hydrogen) atoms. The number of nitrogens with zero attached hydrogens (tertiary/aromatic N) is 2. The number of sulfonamides is 1. The minimum atomic E-state index is -3.27. The Bertz CT molecular complexity index is 504. The first-order valence-electron chi connectivity index (χ1n) is 6.75. The number of piperidine rings is 1. The first-order chi connectivity index (χ1) is 9.29. The lowest BCUT2D eigenvalue weighted by atomic mass is 9.98. The summed E-state index contributed by atoms with van der Waals surface area (Å²) in [6.07, 6.45) is 2.96. The monoisotopic (exact) mass is 304 g/mol. The van der Waals surface area contributed by atoms with E-state index in [1.54, 1.807) is 4.90 Å². The lowest BCUT2D eigenvalue weighted by molar-refractivity contribution is -0.141. The van der Waals surface area contributed by atoms with Crippen molar-refractivity contribution in [2.75, 3.05) is 32.4 Å². The highest BCUT2D eigenvalue weighted by atomic mass is 32.2. The summed E-state index contributed by atoms with van der Waals surface area (Å²) >= 11 is 0. The molecule has 0 saturated carbocycles. The first kappa shape index (κ1) is 15.2. The van der Waals surface area contributed by atoms with Crippen LogP contribution >= 0.6 is 0 Å². The largest absolute Gasteiger partial charge is 0.481 e. The van der Waals surface area contributed by atoms with Gasteiger partial charge in [-0.1, -0.05) is 0 Å². The van der Waals surface area contributed by atoms with Crippen molar-refractivity contribution in [1.29, 1.82) is 0 Å². The molecule has 7 nitrogen and oxygen atoms in total. The molecule has 2 rings (SSSR count). The summed E-state index contributed by atoms with van der Waals surface area (Å²) in [7, 11) is -3.27. The molecule has 2 fully saturated rings. The second kappa shape index (κ2) is 5.69. The van der Waals surface area contributed by atoms with Crippen LogP contribution in [0.2, 0.25) is 0 Å². The third-order valence-corrected chi connectivity index (χ3v) is 5.32. The minimum absolute atomic E-state index is 0.109. The quantitative estimate of drug-likeness (QED) is 0.765. The number of hydrogen-bond acceptors (Lipinski definition) is 4. The van der Waals surface area contributed by atoms with Crippen LogP contribution in [0.3, 0.4) is 0 Å². The van der Waals surface area contributed by atoms with Crippen molar-refractivity contribution in [3.05, 3.63) is 0 Å². The summed E-state index contributed by atoms with van der Waals surface area (Å²) in [5, 5.41) is 8.95. The second-order valence-electron chi connectivity index (χ2n) is 5.57. The number of carbonyl (C=O) groups excluding carboxylic acids is 1. The molecule has 0 unspecified atom stereocenters. The SMILES string of the molecule is CS(=O)(=O)N1CCC[C@H](C(=O)N2CC[C@H](C(=O)O)C2)C1. The van der Waals surface area contributed by atoms with Crippen molar-refractivity contribution in [1.82, 2.24) is 9.21 Å². The molecule has 8 heteroatoms. The zero-order valence-corrected chi connectivity index (χ0v) is 12.3. The van der Waals surface area contributed by atoms with Gasteiger partial charge in [0.15, 0.2) is 0 Å². The van der Waals surface area contributed by atoms with E-state index in [9.17, 15) is 18.0 Å². The standard InChI is InChI=1S/C12H20N2O5S/c1-20(18,19)14-5-2-3-9(8-14)11(15)13-6-4-10(7-13)12(16)17/h9-10H,2-8H2,1H3,(H,16,17)/t9-,10-/m0/s1. The van der Waals surface area contributed by atoms with E-state index in [1.807, 2.05) is 0 Å². The maximum absolute atomic E-state index is 12.4. The van der Waals surface area contributed by atoms with Crippen LogP contribution in [0.4, 0.5) is 0 Å². The van der Waals surface area contributed by atoms with Crippen molar-refractivity contribution < 1.29 is 23.1 Å². The molecule has 0 radical (unpaired) electrons. The van der Waals surface area contributed by atoms with Gasteiger partial charge in [-0.15, -0.1) is 0 Å². The van der Waals surface area contributed by atoms with Gasteiger partial charge in [0.05, 0.1) is 18.1 Å². The predicted octanol–water partition coefficient (Wildman–Crippen LogP) is -0.409. The van der Waals surface area contributed by atoms with Crippen LogP contribution in [-0.4, -0.2) is 67.0 Å². The number of carboxylic acid groups (broad SMARTS) is 1. The van der Waals surface area contributed by atoms with Crippen LogP contribution in [0.1, 0.15) is 19.3 Å². The fourth-order valence-corrected chi connectivity index (χ4v) is 3.78. The molecule has 2 saturated heterocycles. The molecule has 0 aromatic carbocycles. The van der Waals surface area contributed by atoms with E-state index in [0.29, 0.717) is 32.4 Å². The summed E-state index contributed by atoms with van der Waals surface area (Å²) in [6, 6.07) is 0. The van der Waals surface area contributed by atoms with Crippen LogP contribution in [0.15, 0.2) is 0 Å². The number of hydrogen-bond donors (Lipinski definition) is 1. The van der Waals surface area contributed by atoms with E-state index in [1.165, 1.54) is 4.31 Å². The van der Waals surface area contributed by atoms with Gasteiger partial charge in [-0.3, -0.25) is 9.59 Å². The molecule has 0 bridgehead atoms. The number of carboxylic acids is 1. The Morgan fingerprint density at radius 2 is 1.80 bits per heavy atom. The van der Waals surface area contributed by atoms with Gasteiger partial charge in [-0.25, -0.2) is 12.7 Å². The molecule has 2 aliphatic heterocycles. The van der Waals surface area contributed by atoms with Crippen molar-refractivity contribution in [3.8, 4) is 0 Å². The highest BCUT2D eigenvalue weighted by molar-refractivity contribution is 7.88. The molecular weight excluding hydrogens is 284 g/mol. The van der Waals surface area contributed by atoms with Crippen LogP contribution in [0, 0.1) is 11.8 Å². The van der Waals surface area contributed by atoms with Crippen LogP contribution in [-0.2, 0) is 19.6 Å². The topological polar surface area (TPSA) is 95.0 Å². The van der Waals surface area contributed by atoms with Crippen molar-refractivity contribution in [2.45, 2.75) is 19.3 Å². The Morgan fingerprint density at radius 1 is 1.10 bits per heavy atom. The normalized spacial score (nSPS) is 28.6. The molecule has 1 N–H and O–H groups in total. The van der Waals surface area contributed by atoms with Gasteiger partial charge >= 0.3 is 5.97 Å². The predicted molar refractivity (Wildman–Crippen MR) is 71.5 cm³/mol. The van der Waals surface area contributed by atoms with Crippen LogP contribution in [0.5, 0.6) is 0 Å². The van der Waals surface area contributed by atoms with Gasteiger partial charge in [-0.2, -0.15) is 0 Å². The molecule has 2 heterocycles. The Kier molecular flexibility index (Phi) is 4.33. The smallest absolute Gasteiger partial charge is 0.308 e. The zero-order valence-electron chi connectivity index (χ0n) is 11.5. The summed E-state index contributed by atoms with van der Waals surface area (Å²) in [6.45, 7) is 1.36. The van der Waals surface area contributed by atoms with Gasteiger partial charge in [0.25, 0.3) is 0 Å². The molecule has 0 spiro atoms. The van der Waals surface area contributed by atoms with E-state index < -0.39 is 21.9 Å². The maximum atomic E-state index is 12.4. The lowest BCUT2D eigenvalue weighted by Gasteiger charge is -2.32. The van der Waals surface area contributed by atoms with Gasteiger partial charge < -0.3 is 10.0 Å². The minimum Gasteiger partial charge on any atom is -0.481 e. The number of likely N-dealkylation sites (tertiary alicyclic amines) is 1. The first-order valence-corrected chi connectivity index (χ1v) is 8.60. The van der Waals surface area contributed by atoms with Gasteiger partial charge in [0, 0.05) is 26.2 Å². The maximum Gasteiger partial charge on any atom is 0.308 e. The molecule has 114 valence electrons. The fraction of sp³-hybridized carbons (Fsp3) is 0.833. The van der Waals surface area contributed by atoms with Gasteiger partial charge in [0.2, 0.25) is 15.9 Å². The number of rotatable bonds is 3. The third-order valence-electron chi connectivity index (χ3n) is 4.05.